The van der Waals surface area contributed by atoms with Gasteiger partial charge in [0.1, 0.15) is 0 Å². The molecule has 156 valence electrons. The lowest BCUT2D eigenvalue weighted by atomic mass is 9.87. The Morgan fingerprint density at radius 3 is 1.86 bits per heavy atom. The molecule has 12 heteroatoms. The monoisotopic (exact) mass is 400 g/mol. The van der Waals surface area contributed by atoms with E-state index in [0.717, 1.165) is 12.5 Å². The van der Waals surface area contributed by atoms with E-state index in [1.165, 1.54) is 25.7 Å². The normalized spacial score (nSPS) is 19.8. The van der Waals surface area contributed by atoms with E-state index in [4.69, 9.17) is 10.2 Å². The van der Waals surface area contributed by atoms with Gasteiger partial charge in [-0.05, 0) is 38.5 Å². The first-order valence-corrected chi connectivity index (χ1v) is 8.74. The number of aliphatic hydroxyl groups is 1. The smallest absolute Gasteiger partial charge is 0.324 e. The average Bonchev–Trinajstić information content (AvgIpc) is 2.61. The van der Waals surface area contributed by atoms with E-state index in [-0.39, 0.29) is 6.10 Å². The first-order valence-electron chi connectivity index (χ1n) is 8.74. The van der Waals surface area contributed by atoms with Crippen molar-refractivity contribution in [1.29, 1.82) is 0 Å². The van der Waals surface area contributed by atoms with Crippen LogP contribution < -0.4 is 5.32 Å². The van der Waals surface area contributed by atoms with Crippen molar-refractivity contribution in [3.05, 3.63) is 42.5 Å². The lowest BCUT2D eigenvalue weighted by Gasteiger charge is -2.27. The molecule has 0 aliphatic heterocycles. The molecule has 1 aromatic carbocycles. The molecule has 1 saturated carbocycles. The van der Waals surface area contributed by atoms with Crippen molar-refractivity contribution < 1.29 is 25.0 Å². The summed E-state index contributed by atoms with van der Waals surface area (Å²) in [5.41, 5.74) is -3.00. The molecule has 28 heavy (non-hydrogen) atoms. The molecule has 0 aromatic heterocycles. The van der Waals surface area contributed by atoms with Gasteiger partial charge in [0.15, 0.2) is 0 Å². The first-order chi connectivity index (χ1) is 13.0. The number of phenolic OH excluding ortho intramolecular Hbond substituents is 1. The number of non-ortho nitro benzene ring substituents is 1. The zero-order valence-electron chi connectivity index (χ0n) is 15.6. The Bertz CT molecular complexity index is 682. The molecular formula is C16H24N4O8. The predicted octanol–water partition coefficient (Wildman–Crippen LogP) is 2.65. The van der Waals surface area contributed by atoms with Crippen molar-refractivity contribution in [1.82, 2.24) is 5.32 Å². The predicted molar refractivity (Wildman–Crippen MR) is 99.2 cm³/mol. The Morgan fingerprint density at radius 2 is 1.50 bits per heavy atom. The summed E-state index contributed by atoms with van der Waals surface area (Å²) in [6.45, 7) is 4.91. The molecule has 1 unspecified atom stereocenters. The molecule has 12 nitrogen and oxygen atoms in total. The largest absolute Gasteiger partial charge is 0.497 e. The van der Waals surface area contributed by atoms with Gasteiger partial charge in [0, 0.05) is 12.6 Å². The summed E-state index contributed by atoms with van der Waals surface area (Å²) < 4.78 is 0. The van der Waals surface area contributed by atoms with Crippen LogP contribution in [0.1, 0.15) is 39.5 Å². The second kappa shape index (κ2) is 10.5. The molecule has 0 saturated heterocycles. The van der Waals surface area contributed by atoms with E-state index in [9.17, 15) is 30.3 Å². The van der Waals surface area contributed by atoms with Crippen LogP contribution in [0.2, 0.25) is 0 Å². The third-order valence-electron chi connectivity index (χ3n) is 4.38. The van der Waals surface area contributed by atoms with Gasteiger partial charge in [0.05, 0.1) is 33.0 Å². The lowest BCUT2D eigenvalue weighted by molar-refractivity contribution is -0.404. The number of aromatic hydroxyl groups is 1. The topological polar surface area (TPSA) is 182 Å². The van der Waals surface area contributed by atoms with Gasteiger partial charge < -0.3 is 15.5 Å². The van der Waals surface area contributed by atoms with Crippen LogP contribution in [0.5, 0.6) is 5.75 Å². The Kier molecular flexibility index (Phi) is 8.67. The second-order valence-electron chi connectivity index (χ2n) is 6.82. The number of nitro benzene ring substituents is 3. The second-order valence-corrected chi connectivity index (χ2v) is 6.82. The number of phenols is 1. The highest BCUT2D eigenvalue weighted by molar-refractivity contribution is 5.64. The minimum absolute atomic E-state index is 0.204. The fourth-order valence-corrected chi connectivity index (χ4v) is 2.77. The van der Waals surface area contributed by atoms with Gasteiger partial charge >= 0.3 is 11.4 Å². The highest BCUT2D eigenvalue weighted by atomic mass is 16.6. The summed E-state index contributed by atoms with van der Waals surface area (Å²) in [5, 5.41) is 52.7. The number of rotatable bonds is 6. The number of hydrogen-bond donors (Lipinski definition) is 3. The van der Waals surface area contributed by atoms with Crippen molar-refractivity contribution >= 4 is 17.1 Å². The summed E-state index contributed by atoms with van der Waals surface area (Å²) in [4.78, 5) is 27.8. The molecule has 1 fully saturated rings. The summed E-state index contributed by atoms with van der Waals surface area (Å²) >= 11 is 0. The first kappa shape index (κ1) is 23.2. The summed E-state index contributed by atoms with van der Waals surface area (Å²) in [7, 11) is 0. The third-order valence-corrected chi connectivity index (χ3v) is 4.38. The van der Waals surface area contributed by atoms with Crippen molar-refractivity contribution in [2.24, 2.45) is 5.92 Å². The van der Waals surface area contributed by atoms with E-state index in [0.29, 0.717) is 18.2 Å². The van der Waals surface area contributed by atoms with Gasteiger partial charge in [-0.1, -0.05) is 6.92 Å². The lowest BCUT2D eigenvalue weighted by Crippen LogP contribution is -2.36. The minimum Gasteiger partial charge on any atom is -0.497 e. The zero-order chi connectivity index (χ0) is 21.4. The highest BCUT2D eigenvalue weighted by Crippen LogP contribution is 2.38. The van der Waals surface area contributed by atoms with Crippen LogP contribution in [-0.2, 0) is 0 Å². The van der Waals surface area contributed by atoms with Crippen LogP contribution >= 0.6 is 0 Å². The SMILES string of the molecule is CC(O)CNC1CCC(C)CC1.O=[N+]([O-])c1cc([N+](=O)[O-])c(O)c([N+](=O)[O-])c1. The molecule has 0 amide bonds. The summed E-state index contributed by atoms with van der Waals surface area (Å²) in [6.07, 6.45) is 5.06. The number of benzene rings is 1. The molecule has 1 aromatic rings. The number of nitro groups is 3. The number of hydrogen-bond acceptors (Lipinski definition) is 9. The van der Waals surface area contributed by atoms with Gasteiger partial charge in [-0.15, -0.1) is 0 Å². The number of nitrogens with one attached hydrogen (secondary N) is 1. The van der Waals surface area contributed by atoms with E-state index < -0.39 is 37.6 Å². The number of nitrogens with zero attached hydrogens (tertiary/aromatic N) is 3. The third kappa shape index (κ3) is 7.04. The van der Waals surface area contributed by atoms with Gasteiger partial charge in [-0.25, -0.2) is 0 Å². The zero-order valence-corrected chi connectivity index (χ0v) is 15.6. The Hall–Kier alpha value is -2.86. The molecule has 1 aliphatic carbocycles. The van der Waals surface area contributed by atoms with Gasteiger partial charge in [0.25, 0.3) is 11.4 Å². The standard InChI is InChI=1S/C10H21NO.C6H3N3O7/c1-8-3-5-10(6-4-8)11-7-9(2)12;10-6-4(8(13)14)1-3(7(11)12)2-5(6)9(15)16/h8-12H,3-7H2,1-2H3;1-2,10H. The molecule has 3 N–H and O–H groups in total. The van der Waals surface area contributed by atoms with Crippen molar-refractivity contribution in [2.45, 2.75) is 51.7 Å². The fourth-order valence-electron chi connectivity index (χ4n) is 2.77. The van der Waals surface area contributed by atoms with E-state index in [2.05, 4.69) is 12.2 Å². The van der Waals surface area contributed by atoms with Crippen LogP contribution in [0.4, 0.5) is 17.1 Å². The summed E-state index contributed by atoms with van der Waals surface area (Å²) in [6, 6.07) is 1.56. The Morgan fingerprint density at radius 1 is 1.04 bits per heavy atom. The van der Waals surface area contributed by atoms with Gasteiger partial charge in [-0.3, -0.25) is 30.3 Å². The van der Waals surface area contributed by atoms with E-state index in [1.807, 2.05) is 6.92 Å². The van der Waals surface area contributed by atoms with Gasteiger partial charge in [0.2, 0.25) is 0 Å². The van der Waals surface area contributed by atoms with Crippen LogP contribution in [0.15, 0.2) is 12.1 Å². The molecule has 1 aliphatic rings. The molecule has 1 atom stereocenters. The van der Waals surface area contributed by atoms with Crippen LogP contribution in [-0.4, -0.2) is 43.7 Å². The van der Waals surface area contributed by atoms with Crippen LogP contribution in [0.25, 0.3) is 0 Å². The molecule has 0 bridgehead atoms. The maximum Gasteiger partial charge on any atom is 0.324 e. The Labute approximate surface area is 160 Å². The number of aliphatic hydroxyl groups excluding tert-OH is 1. The maximum atomic E-state index is 10.4. The van der Waals surface area contributed by atoms with Crippen molar-refractivity contribution in [3.63, 3.8) is 0 Å². The minimum atomic E-state index is -1.21. The van der Waals surface area contributed by atoms with Crippen molar-refractivity contribution in [3.8, 4) is 5.75 Å². The molecular weight excluding hydrogens is 376 g/mol. The molecule has 0 radical (unpaired) electrons. The average molecular weight is 400 g/mol. The fraction of sp³-hybridized carbons (Fsp3) is 0.625. The van der Waals surface area contributed by atoms with Crippen LogP contribution in [0.3, 0.4) is 0 Å². The molecule has 0 heterocycles. The van der Waals surface area contributed by atoms with Crippen LogP contribution in [0, 0.1) is 36.3 Å². The Balaban J connectivity index is 0.000000292. The quantitative estimate of drug-likeness (QED) is 0.477. The maximum absolute atomic E-state index is 10.4. The summed E-state index contributed by atoms with van der Waals surface area (Å²) in [5.74, 6) is -0.296. The molecule has 2 rings (SSSR count). The molecule has 0 spiro atoms. The van der Waals surface area contributed by atoms with Gasteiger partial charge in [-0.2, -0.15) is 0 Å². The van der Waals surface area contributed by atoms with E-state index in [1.54, 1.807) is 0 Å². The van der Waals surface area contributed by atoms with Crippen molar-refractivity contribution in [2.75, 3.05) is 6.54 Å². The van der Waals surface area contributed by atoms with E-state index >= 15 is 0 Å². The highest BCUT2D eigenvalue weighted by Gasteiger charge is 2.30.